The number of thiazole rings is 1. The highest BCUT2D eigenvalue weighted by Crippen LogP contribution is 2.41. The maximum absolute atomic E-state index is 13.3. The Balaban J connectivity index is 1.34. The van der Waals surface area contributed by atoms with Gasteiger partial charge in [0.15, 0.2) is 15.9 Å². The van der Waals surface area contributed by atoms with Gasteiger partial charge in [-0.15, -0.1) is 23.1 Å². The van der Waals surface area contributed by atoms with Crippen LogP contribution in [0.5, 0.6) is 0 Å². The zero-order valence-electron chi connectivity index (χ0n) is 23.1. The summed E-state index contributed by atoms with van der Waals surface area (Å²) in [7, 11) is 1.79. The zero-order valence-corrected chi connectivity index (χ0v) is 25.6. The molecule has 3 aromatic rings. The third-order valence-electron chi connectivity index (χ3n) is 6.47. The monoisotopic (exact) mass is 659 g/mol. The number of nitrogens with zero attached hydrogens (tertiary/aromatic N) is 6. The lowest BCUT2D eigenvalue weighted by molar-refractivity contribution is -0.709. The number of aromatic nitrogens is 4. The number of nitrogen functional groups attached to an aromatic ring is 2. The minimum atomic E-state index is -1.51. The number of nitrogens with two attached hydrogens (primary N) is 2. The second-order valence-corrected chi connectivity index (χ2v) is 12.7. The first kappa shape index (κ1) is 31.0. The molecule has 3 atom stereocenters. The van der Waals surface area contributed by atoms with E-state index in [1.54, 1.807) is 24.0 Å². The van der Waals surface area contributed by atoms with Gasteiger partial charge in [-0.05, 0) is 23.5 Å². The molecular formula is C25H25N9O7S3. The van der Waals surface area contributed by atoms with Crippen molar-refractivity contribution in [3.05, 3.63) is 40.9 Å². The minimum absolute atomic E-state index is 0.0656. The largest absolute Gasteiger partial charge is 0.543 e. The number of oxime groups is 1. The lowest BCUT2D eigenvalue weighted by atomic mass is 10.0. The standard InChI is InChI=1S/C25H25N9O7S3/c1-10(3-15(35)36)41-32-16(14-8-44-25(27)30-14)20(37)31-17-21(38)34-18(24(39)40)11(7-43-23(17)34)6-42-22-13-4-12(26)5-28-19(13)29-9-33(22)2/h4-5,8-10,17,23H,3,6-7,26H2,1-2H3,(H4-,27,30,31,35,36,37,39,40)/b32-16-/t10?,17?,23-/m0/s1. The Morgan fingerprint density at radius 2 is 2.14 bits per heavy atom. The van der Waals surface area contributed by atoms with Gasteiger partial charge in [-0.1, -0.05) is 16.9 Å². The number of carbonyl (C=O) groups is 4. The van der Waals surface area contributed by atoms with E-state index in [-0.39, 0.29) is 40.2 Å². The van der Waals surface area contributed by atoms with Crippen LogP contribution >= 0.6 is 34.9 Å². The number of amides is 2. The number of aryl methyl sites for hydroxylation is 1. The van der Waals surface area contributed by atoms with Crippen molar-refractivity contribution in [1.29, 1.82) is 0 Å². The SMILES string of the molecule is CC(CC(=O)O)O/N=C(\C(=O)NC1C(=O)N2C(C(=O)[O-])=C(CSc3c4cc(N)cnc4nc[n+]3C)CS[C@@H]12)c1csc(N)n1. The predicted molar refractivity (Wildman–Crippen MR) is 159 cm³/mol. The lowest BCUT2D eigenvalue weighted by Gasteiger charge is -2.50. The Kier molecular flexibility index (Phi) is 8.88. The first-order valence-electron chi connectivity index (χ1n) is 12.8. The summed E-state index contributed by atoms with van der Waals surface area (Å²) in [5.41, 5.74) is 12.5. The predicted octanol–water partition coefficient (Wildman–Crippen LogP) is -1.14. The highest BCUT2D eigenvalue weighted by molar-refractivity contribution is 8.01. The van der Waals surface area contributed by atoms with Crippen molar-refractivity contribution in [3.63, 3.8) is 0 Å². The Bertz CT molecular complexity index is 1740. The smallest absolute Gasteiger partial charge is 0.307 e. The molecule has 2 unspecified atom stereocenters. The summed E-state index contributed by atoms with van der Waals surface area (Å²) in [6.07, 6.45) is 1.85. The molecule has 0 aliphatic carbocycles. The van der Waals surface area contributed by atoms with Crippen molar-refractivity contribution in [2.75, 3.05) is 23.0 Å². The van der Waals surface area contributed by atoms with Gasteiger partial charge in [0.2, 0.25) is 0 Å². The van der Waals surface area contributed by atoms with Crippen LogP contribution in [0.15, 0.2) is 45.4 Å². The van der Waals surface area contributed by atoms with Gasteiger partial charge in [-0.3, -0.25) is 19.3 Å². The summed E-state index contributed by atoms with van der Waals surface area (Å²) < 4.78 is 1.77. The number of hydrogen-bond donors (Lipinski definition) is 4. The van der Waals surface area contributed by atoms with Crippen molar-refractivity contribution in [3.8, 4) is 0 Å². The van der Waals surface area contributed by atoms with Crippen molar-refractivity contribution >= 4 is 86.2 Å². The molecule has 5 heterocycles. The fourth-order valence-electron chi connectivity index (χ4n) is 4.47. The highest BCUT2D eigenvalue weighted by Gasteiger charge is 2.53. The summed E-state index contributed by atoms with van der Waals surface area (Å²) >= 11 is 3.67. The van der Waals surface area contributed by atoms with Crippen LogP contribution < -0.4 is 26.5 Å². The van der Waals surface area contributed by atoms with Gasteiger partial charge in [-0.25, -0.2) is 14.5 Å². The van der Waals surface area contributed by atoms with Gasteiger partial charge >= 0.3 is 5.97 Å². The van der Waals surface area contributed by atoms with E-state index in [0.29, 0.717) is 22.3 Å². The molecule has 2 aliphatic rings. The van der Waals surface area contributed by atoms with Crippen LogP contribution in [-0.2, 0) is 31.1 Å². The van der Waals surface area contributed by atoms with Gasteiger partial charge < -0.3 is 36.6 Å². The van der Waals surface area contributed by atoms with Gasteiger partial charge in [0, 0.05) is 16.9 Å². The molecule has 1 fully saturated rings. The van der Waals surface area contributed by atoms with Crippen LogP contribution in [0, 0.1) is 0 Å². The molecule has 0 bridgehead atoms. The average molecular weight is 660 g/mol. The summed E-state index contributed by atoms with van der Waals surface area (Å²) in [4.78, 5) is 68.6. The molecular weight excluding hydrogens is 635 g/mol. The van der Waals surface area contributed by atoms with Crippen molar-refractivity contribution in [2.24, 2.45) is 12.2 Å². The molecule has 19 heteroatoms. The Hall–Kier alpha value is -4.49. The zero-order chi connectivity index (χ0) is 31.7. The van der Waals surface area contributed by atoms with E-state index < -0.39 is 41.3 Å². The highest BCUT2D eigenvalue weighted by atomic mass is 32.2. The molecule has 6 N–H and O–H groups in total. The van der Waals surface area contributed by atoms with Gasteiger partial charge in [0.25, 0.3) is 23.8 Å². The second-order valence-electron chi connectivity index (χ2n) is 9.71. The average Bonchev–Trinajstić information content (AvgIpc) is 3.40. The molecule has 0 spiro atoms. The van der Waals surface area contributed by atoms with Crippen LogP contribution in [0.1, 0.15) is 19.0 Å². The molecule has 0 saturated carbocycles. The molecule has 230 valence electrons. The van der Waals surface area contributed by atoms with E-state index in [9.17, 15) is 24.3 Å². The number of rotatable bonds is 11. The fraction of sp³-hybridized carbons (Fsp3) is 0.320. The van der Waals surface area contributed by atoms with Crippen molar-refractivity contribution in [1.82, 2.24) is 25.2 Å². The Labute approximate surface area is 261 Å². The third kappa shape index (κ3) is 6.24. The van der Waals surface area contributed by atoms with Gasteiger partial charge in [0.05, 0.1) is 37.0 Å². The van der Waals surface area contributed by atoms with Crippen molar-refractivity contribution in [2.45, 2.75) is 35.9 Å². The summed E-state index contributed by atoms with van der Waals surface area (Å²) in [5.74, 6) is -3.64. The molecule has 0 radical (unpaired) electrons. The molecule has 0 aromatic carbocycles. The number of fused-ring (bicyclic) bond motifs is 2. The van der Waals surface area contributed by atoms with E-state index in [1.165, 1.54) is 42.0 Å². The summed E-state index contributed by atoms with van der Waals surface area (Å²) in [6, 6.07) is 0.656. The second kappa shape index (κ2) is 12.6. The van der Waals surface area contributed by atoms with E-state index >= 15 is 0 Å². The number of nitrogens with one attached hydrogen (secondary N) is 1. The van der Waals surface area contributed by atoms with E-state index in [0.717, 1.165) is 21.3 Å². The van der Waals surface area contributed by atoms with Gasteiger partial charge in [0.1, 0.15) is 28.6 Å². The third-order valence-corrected chi connectivity index (χ3v) is 9.76. The summed E-state index contributed by atoms with van der Waals surface area (Å²) in [5, 5.41) is 30.0. The first-order valence-corrected chi connectivity index (χ1v) is 15.7. The quantitative estimate of drug-likeness (QED) is 0.0475. The number of hydrogen-bond acceptors (Lipinski definition) is 15. The molecule has 3 aromatic heterocycles. The van der Waals surface area contributed by atoms with Crippen LogP contribution in [0.2, 0.25) is 0 Å². The lowest BCUT2D eigenvalue weighted by Crippen LogP contribution is -2.71. The number of anilines is 2. The number of carboxylic acids is 2. The number of carboxylic acid groups (broad SMARTS) is 2. The van der Waals surface area contributed by atoms with E-state index in [4.69, 9.17) is 21.4 Å². The van der Waals surface area contributed by atoms with Gasteiger partial charge in [-0.2, -0.15) is 0 Å². The number of pyridine rings is 1. The number of aliphatic carboxylic acids is 2. The Morgan fingerprint density at radius 3 is 2.82 bits per heavy atom. The molecule has 2 aliphatic heterocycles. The fourth-order valence-corrected chi connectivity index (χ4v) is 7.60. The Morgan fingerprint density at radius 1 is 1.36 bits per heavy atom. The topological polar surface area (TPSA) is 243 Å². The van der Waals surface area contributed by atoms with Crippen LogP contribution in [0.25, 0.3) is 11.0 Å². The van der Waals surface area contributed by atoms with E-state index in [1.807, 2.05) is 0 Å². The maximum atomic E-state index is 13.3. The molecule has 1 saturated heterocycles. The number of carbonyl (C=O) groups excluding carboxylic acids is 3. The van der Waals surface area contributed by atoms with Crippen molar-refractivity contribution < 1.29 is 38.8 Å². The first-order chi connectivity index (χ1) is 20.9. The normalized spacial score (nSPS) is 18.9. The molecule has 44 heavy (non-hydrogen) atoms. The maximum Gasteiger partial charge on any atom is 0.307 e. The number of thioether (sulfide) groups is 2. The summed E-state index contributed by atoms with van der Waals surface area (Å²) in [6.45, 7) is 1.46. The number of β-lactam (4-membered cyclic amide) rings is 1. The minimum Gasteiger partial charge on any atom is -0.543 e. The molecule has 16 nitrogen and oxygen atoms in total. The van der Waals surface area contributed by atoms with E-state index in [2.05, 4.69) is 25.4 Å². The molecule has 2 amide bonds. The van der Waals surface area contributed by atoms with Crippen LogP contribution in [0.3, 0.4) is 0 Å². The van der Waals surface area contributed by atoms with Crippen LogP contribution in [-0.4, -0.2) is 83.4 Å². The van der Waals surface area contributed by atoms with Crippen LogP contribution in [0.4, 0.5) is 10.8 Å². The molecule has 5 rings (SSSR count).